The highest BCUT2D eigenvalue weighted by Crippen LogP contribution is 2.33. The van der Waals surface area contributed by atoms with Crippen molar-refractivity contribution < 1.29 is 14.9 Å². The van der Waals surface area contributed by atoms with Gasteiger partial charge >= 0.3 is 0 Å². The lowest BCUT2D eigenvalue weighted by Crippen LogP contribution is -2.33. The van der Waals surface area contributed by atoms with Crippen LogP contribution in [0.3, 0.4) is 0 Å². The summed E-state index contributed by atoms with van der Waals surface area (Å²) in [5.41, 5.74) is 4.87. The van der Waals surface area contributed by atoms with Gasteiger partial charge in [-0.25, -0.2) is 0 Å². The number of hydrogen-bond donors (Lipinski definition) is 2. The minimum absolute atomic E-state index is 0.0548. The number of aliphatic hydroxyl groups is 2. The molecule has 2 N–H and O–H groups in total. The monoisotopic (exact) mass is 404 g/mol. The normalized spacial score (nSPS) is 23.6. The zero-order valence-electron chi connectivity index (χ0n) is 14.5. The van der Waals surface area contributed by atoms with Gasteiger partial charge in [-0.15, -0.1) is 0 Å². The van der Waals surface area contributed by atoms with E-state index in [0.717, 1.165) is 22.9 Å². The van der Waals surface area contributed by atoms with Crippen molar-refractivity contribution in [2.75, 3.05) is 6.61 Å². The summed E-state index contributed by atoms with van der Waals surface area (Å²) in [6.07, 6.45) is 2.08. The molecule has 3 atom stereocenters. The van der Waals surface area contributed by atoms with Gasteiger partial charge in [0.1, 0.15) is 0 Å². The minimum Gasteiger partial charge on any atom is -0.394 e. The molecule has 2 aromatic carbocycles. The molecule has 1 aliphatic rings. The number of benzene rings is 2. The standard InChI is InChI=1S/C21H25BrO3/c1-2-14-3-5-15(6-4-14)9-17-10-16(7-8-20(17)22)21-12-18(24)11-19(13-23)25-21/h3-8,10,18-19,21,23-24H,2,9,11-13H2,1H3/t18?,19?,21-/m1/s1. The molecule has 25 heavy (non-hydrogen) atoms. The summed E-state index contributed by atoms with van der Waals surface area (Å²) in [7, 11) is 0. The fourth-order valence-corrected chi connectivity index (χ4v) is 3.75. The number of aryl methyl sites for hydroxylation is 1. The second kappa shape index (κ2) is 8.45. The van der Waals surface area contributed by atoms with Crippen molar-refractivity contribution in [3.63, 3.8) is 0 Å². The SMILES string of the molecule is CCc1ccc(Cc2cc([C@H]3CC(O)CC(CO)O3)ccc2Br)cc1. The molecule has 2 unspecified atom stereocenters. The van der Waals surface area contributed by atoms with Gasteiger partial charge < -0.3 is 14.9 Å². The Labute approximate surface area is 157 Å². The first-order chi connectivity index (χ1) is 12.1. The van der Waals surface area contributed by atoms with E-state index in [4.69, 9.17) is 4.74 Å². The maximum absolute atomic E-state index is 10.1. The van der Waals surface area contributed by atoms with Crippen molar-refractivity contribution >= 4 is 15.9 Å². The molecule has 1 aliphatic heterocycles. The molecule has 1 saturated heterocycles. The van der Waals surface area contributed by atoms with Crippen LogP contribution in [0.1, 0.15) is 48.1 Å². The molecule has 1 fully saturated rings. The summed E-state index contributed by atoms with van der Waals surface area (Å²) in [5, 5.41) is 19.4. The highest BCUT2D eigenvalue weighted by Gasteiger charge is 2.29. The lowest BCUT2D eigenvalue weighted by atomic mass is 9.94. The van der Waals surface area contributed by atoms with Crippen LogP contribution in [0.2, 0.25) is 0 Å². The van der Waals surface area contributed by atoms with Crippen molar-refractivity contribution in [1.82, 2.24) is 0 Å². The summed E-state index contributed by atoms with van der Waals surface area (Å²) in [5.74, 6) is 0. The van der Waals surface area contributed by atoms with E-state index in [1.54, 1.807) is 0 Å². The maximum Gasteiger partial charge on any atom is 0.0854 e. The molecule has 0 spiro atoms. The average molecular weight is 405 g/mol. The Balaban J connectivity index is 1.79. The number of halogens is 1. The van der Waals surface area contributed by atoms with Crippen LogP contribution in [0.25, 0.3) is 0 Å². The van der Waals surface area contributed by atoms with E-state index in [9.17, 15) is 10.2 Å². The smallest absolute Gasteiger partial charge is 0.0854 e. The number of aliphatic hydroxyl groups excluding tert-OH is 2. The van der Waals surface area contributed by atoms with Crippen molar-refractivity contribution in [1.29, 1.82) is 0 Å². The number of hydrogen-bond acceptors (Lipinski definition) is 3. The van der Waals surface area contributed by atoms with Gasteiger partial charge in [-0.05, 0) is 41.2 Å². The maximum atomic E-state index is 10.1. The molecule has 134 valence electrons. The molecule has 0 saturated carbocycles. The molecule has 4 heteroatoms. The molecule has 0 radical (unpaired) electrons. The molecule has 0 aliphatic carbocycles. The summed E-state index contributed by atoms with van der Waals surface area (Å²) in [4.78, 5) is 0. The van der Waals surface area contributed by atoms with Gasteiger partial charge in [0.25, 0.3) is 0 Å². The Morgan fingerprint density at radius 2 is 1.80 bits per heavy atom. The summed E-state index contributed by atoms with van der Waals surface area (Å²) < 4.78 is 7.02. The summed E-state index contributed by atoms with van der Waals surface area (Å²) in [6, 6.07) is 14.9. The van der Waals surface area contributed by atoms with Crippen molar-refractivity contribution in [3.8, 4) is 0 Å². The van der Waals surface area contributed by atoms with Gasteiger partial charge in [0.05, 0.1) is 24.9 Å². The third-order valence-corrected chi connectivity index (χ3v) is 5.62. The van der Waals surface area contributed by atoms with E-state index < -0.39 is 6.10 Å². The van der Waals surface area contributed by atoms with Crippen LogP contribution in [0.4, 0.5) is 0 Å². The Morgan fingerprint density at radius 3 is 2.48 bits per heavy atom. The Morgan fingerprint density at radius 1 is 1.08 bits per heavy atom. The Hall–Kier alpha value is -1.20. The van der Waals surface area contributed by atoms with Gasteiger partial charge in [-0.2, -0.15) is 0 Å². The molecule has 1 heterocycles. The average Bonchev–Trinajstić information content (AvgIpc) is 2.63. The van der Waals surface area contributed by atoms with Gasteiger partial charge in [-0.3, -0.25) is 0 Å². The van der Waals surface area contributed by atoms with E-state index in [2.05, 4.69) is 53.2 Å². The minimum atomic E-state index is -0.426. The molecular formula is C21H25BrO3. The van der Waals surface area contributed by atoms with Crippen molar-refractivity contribution in [2.24, 2.45) is 0 Å². The highest BCUT2D eigenvalue weighted by atomic mass is 79.9. The van der Waals surface area contributed by atoms with Gasteiger partial charge in [0, 0.05) is 17.3 Å². The number of rotatable bonds is 5. The quantitative estimate of drug-likeness (QED) is 0.785. The van der Waals surface area contributed by atoms with Crippen LogP contribution < -0.4 is 0 Å². The zero-order chi connectivity index (χ0) is 17.8. The Bertz CT molecular complexity index is 699. The molecule has 2 aromatic rings. The third kappa shape index (κ3) is 4.70. The van der Waals surface area contributed by atoms with Crippen molar-refractivity contribution in [3.05, 3.63) is 69.2 Å². The zero-order valence-corrected chi connectivity index (χ0v) is 16.1. The molecule has 3 nitrogen and oxygen atoms in total. The second-order valence-electron chi connectivity index (χ2n) is 6.75. The third-order valence-electron chi connectivity index (χ3n) is 4.85. The van der Waals surface area contributed by atoms with Crippen LogP contribution in [0.15, 0.2) is 46.9 Å². The van der Waals surface area contributed by atoms with Crippen molar-refractivity contribution in [2.45, 2.75) is 50.9 Å². The molecule has 3 rings (SSSR count). The van der Waals surface area contributed by atoms with Gasteiger partial charge in [0.15, 0.2) is 0 Å². The van der Waals surface area contributed by atoms with Crippen LogP contribution >= 0.6 is 15.9 Å². The van der Waals surface area contributed by atoms with Crippen LogP contribution in [-0.4, -0.2) is 29.0 Å². The lowest BCUT2D eigenvalue weighted by Gasteiger charge is -2.32. The highest BCUT2D eigenvalue weighted by molar-refractivity contribution is 9.10. The summed E-state index contributed by atoms with van der Waals surface area (Å²) in [6.45, 7) is 2.11. The first kappa shape index (κ1) is 18.6. The second-order valence-corrected chi connectivity index (χ2v) is 7.61. The fourth-order valence-electron chi connectivity index (χ4n) is 3.37. The molecule has 0 aromatic heterocycles. The van der Waals surface area contributed by atoms with E-state index >= 15 is 0 Å². The molecule has 0 bridgehead atoms. The first-order valence-electron chi connectivity index (χ1n) is 8.89. The predicted molar refractivity (Wildman–Crippen MR) is 103 cm³/mol. The van der Waals surface area contributed by atoms with Crippen LogP contribution in [0.5, 0.6) is 0 Å². The van der Waals surface area contributed by atoms with E-state index in [-0.39, 0.29) is 18.8 Å². The fraction of sp³-hybridized carbons (Fsp3) is 0.429. The predicted octanol–water partition coefficient (Wildman–Crippen LogP) is 4.18. The topological polar surface area (TPSA) is 49.7 Å². The molecule has 0 amide bonds. The summed E-state index contributed by atoms with van der Waals surface area (Å²) >= 11 is 3.65. The van der Waals surface area contributed by atoms with E-state index in [0.29, 0.717) is 12.8 Å². The molecular weight excluding hydrogens is 380 g/mol. The van der Waals surface area contributed by atoms with Gasteiger partial charge in [0.2, 0.25) is 0 Å². The number of ether oxygens (including phenoxy) is 1. The van der Waals surface area contributed by atoms with Crippen LogP contribution in [-0.2, 0) is 17.6 Å². The van der Waals surface area contributed by atoms with E-state index in [1.165, 1.54) is 16.7 Å². The largest absolute Gasteiger partial charge is 0.394 e. The first-order valence-corrected chi connectivity index (χ1v) is 9.68. The van der Waals surface area contributed by atoms with E-state index in [1.807, 2.05) is 12.1 Å². The Kier molecular flexibility index (Phi) is 6.29. The lowest BCUT2D eigenvalue weighted by molar-refractivity contribution is -0.113. The van der Waals surface area contributed by atoms with Crippen LogP contribution in [0, 0.1) is 0 Å². The van der Waals surface area contributed by atoms with Gasteiger partial charge in [-0.1, -0.05) is 59.3 Å².